The van der Waals surface area contributed by atoms with Crippen LogP contribution < -0.4 is 4.74 Å². The van der Waals surface area contributed by atoms with Gasteiger partial charge in [0.2, 0.25) is 5.88 Å². The summed E-state index contributed by atoms with van der Waals surface area (Å²) in [6, 6.07) is 14.5. The molecule has 1 aliphatic rings. The van der Waals surface area contributed by atoms with Crippen molar-refractivity contribution in [3.05, 3.63) is 54.2 Å². The molecule has 2 heterocycles. The fraction of sp³-hybridized carbons (Fsp3) is 0.450. The highest BCUT2D eigenvalue weighted by atomic mass is 16.5. The lowest BCUT2D eigenvalue weighted by molar-refractivity contribution is 0.132. The number of para-hydroxylation sites is 1. The van der Waals surface area contributed by atoms with Gasteiger partial charge in [-0.05, 0) is 43.0 Å². The van der Waals surface area contributed by atoms with Gasteiger partial charge in [0, 0.05) is 24.8 Å². The lowest BCUT2D eigenvalue weighted by Gasteiger charge is -2.37. The van der Waals surface area contributed by atoms with Crippen molar-refractivity contribution < 1.29 is 4.74 Å². The van der Waals surface area contributed by atoms with Crippen LogP contribution in [0.25, 0.3) is 0 Å². The van der Waals surface area contributed by atoms with Gasteiger partial charge in [-0.2, -0.15) is 0 Å². The van der Waals surface area contributed by atoms with E-state index in [0.29, 0.717) is 17.8 Å². The zero-order valence-corrected chi connectivity index (χ0v) is 14.1. The van der Waals surface area contributed by atoms with Crippen molar-refractivity contribution >= 4 is 0 Å². The van der Waals surface area contributed by atoms with Crippen molar-refractivity contribution in [2.75, 3.05) is 13.1 Å². The largest absolute Gasteiger partial charge is 0.439 e. The van der Waals surface area contributed by atoms with Crippen LogP contribution in [0.1, 0.15) is 44.7 Å². The SMILES string of the molecule is CC(C)CN1CCCC[C@@H]1c1ccc(Oc2ccccc2)nc1. The summed E-state index contributed by atoms with van der Waals surface area (Å²) in [7, 11) is 0. The Bertz CT molecular complexity index is 595. The molecule has 0 amide bonds. The number of nitrogens with zero attached hydrogens (tertiary/aromatic N) is 2. The van der Waals surface area contributed by atoms with Gasteiger partial charge in [0.15, 0.2) is 0 Å². The molecule has 0 N–H and O–H groups in total. The smallest absolute Gasteiger partial charge is 0.219 e. The first-order chi connectivity index (χ1) is 11.2. The monoisotopic (exact) mass is 310 g/mol. The van der Waals surface area contributed by atoms with E-state index in [4.69, 9.17) is 4.74 Å². The van der Waals surface area contributed by atoms with E-state index in [2.05, 4.69) is 29.8 Å². The normalized spacial score (nSPS) is 19.0. The maximum absolute atomic E-state index is 5.79. The molecule has 1 aromatic heterocycles. The number of pyridine rings is 1. The van der Waals surface area contributed by atoms with Gasteiger partial charge in [-0.25, -0.2) is 4.98 Å². The second kappa shape index (κ2) is 7.60. The number of benzene rings is 1. The quantitative estimate of drug-likeness (QED) is 0.772. The van der Waals surface area contributed by atoms with Gasteiger partial charge in [0.1, 0.15) is 5.75 Å². The Balaban J connectivity index is 1.70. The Labute approximate surface area is 139 Å². The van der Waals surface area contributed by atoms with Gasteiger partial charge in [-0.15, -0.1) is 0 Å². The molecule has 3 heteroatoms. The summed E-state index contributed by atoms with van der Waals surface area (Å²) >= 11 is 0. The molecule has 0 saturated carbocycles. The van der Waals surface area contributed by atoms with E-state index in [0.717, 1.165) is 12.3 Å². The van der Waals surface area contributed by atoms with Crippen LogP contribution in [0.3, 0.4) is 0 Å². The molecule has 1 aromatic carbocycles. The molecule has 0 unspecified atom stereocenters. The van der Waals surface area contributed by atoms with Crippen molar-refractivity contribution in [2.24, 2.45) is 5.92 Å². The van der Waals surface area contributed by atoms with Crippen molar-refractivity contribution in [1.29, 1.82) is 0 Å². The highest BCUT2D eigenvalue weighted by Gasteiger charge is 2.24. The van der Waals surface area contributed by atoms with Crippen LogP contribution in [-0.2, 0) is 0 Å². The molecule has 3 rings (SSSR count). The Kier molecular flexibility index (Phi) is 5.29. The Morgan fingerprint density at radius 1 is 1.13 bits per heavy atom. The topological polar surface area (TPSA) is 25.4 Å². The summed E-state index contributed by atoms with van der Waals surface area (Å²) in [6.07, 6.45) is 5.84. The summed E-state index contributed by atoms with van der Waals surface area (Å²) < 4.78 is 5.79. The van der Waals surface area contributed by atoms with E-state index in [1.54, 1.807) is 0 Å². The number of piperidine rings is 1. The lowest BCUT2D eigenvalue weighted by atomic mass is 9.95. The molecule has 0 radical (unpaired) electrons. The maximum atomic E-state index is 5.79. The molecule has 23 heavy (non-hydrogen) atoms. The first-order valence-corrected chi connectivity index (χ1v) is 8.65. The minimum absolute atomic E-state index is 0.504. The molecule has 1 aliphatic heterocycles. The zero-order valence-electron chi connectivity index (χ0n) is 14.1. The summed E-state index contributed by atoms with van der Waals surface area (Å²) in [5.41, 5.74) is 1.31. The van der Waals surface area contributed by atoms with Crippen molar-refractivity contribution in [1.82, 2.24) is 9.88 Å². The van der Waals surface area contributed by atoms with Crippen molar-refractivity contribution in [3.8, 4) is 11.6 Å². The van der Waals surface area contributed by atoms with Gasteiger partial charge in [-0.1, -0.05) is 44.5 Å². The van der Waals surface area contributed by atoms with Crippen LogP contribution in [0.15, 0.2) is 48.7 Å². The number of ether oxygens (including phenoxy) is 1. The van der Waals surface area contributed by atoms with Crippen LogP contribution in [0.5, 0.6) is 11.6 Å². The molecule has 0 bridgehead atoms. The van der Waals surface area contributed by atoms with E-state index in [1.165, 1.54) is 31.4 Å². The molecule has 122 valence electrons. The molecular weight excluding hydrogens is 284 g/mol. The summed E-state index contributed by atoms with van der Waals surface area (Å²) in [6.45, 7) is 6.94. The molecular formula is C20H26N2O. The number of aromatic nitrogens is 1. The van der Waals surface area contributed by atoms with E-state index < -0.39 is 0 Å². The Morgan fingerprint density at radius 2 is 1.96 bits per heavy atom. The van der Waals surface area contributed by atoms with Crippen LogP contribution >= 0.6 is 0 Å². The van der Waals surface area contributed by atoms with Gasteiger partial charge >= 0.3 is 0 Å². The first-order valence-electron chi connectivity index (χ1n) is 8.65. The number of likely N-dealkylation sites (tertiary alicyclic amines) is 1. The van der Waals surface area contributed by atoms with Crippen molar-refractivity contribution in [3.63, 3.8) is 0 Å². The molecule has 3 nitrogen and oxygen atoms in total. The molecule has 1 atom stereocenters. The molecule has 1 fully saturated rings. The second-order valence-electron chi connectivity index (χ2n) is 6.75. The highest BCUT2D eigenvalue weighted by molar-refractivity contribution is 5.28. The van der Waals surface area contributed by atoms with E-state index in [-0.39, 0.29) is 0 Å². The Hall–Kier alpha value is -1.87. The Morgan fingerprint density at radius 3 is 2.65 bits per heavy atom. The van der Waals surface area contributed by atoms with Gasteiger partial charge < -0.3 is 4.74 Å². The zero-order chi connectivity index (χ0) is 16.1. The van der Waals surface area contributed by atoms with Gasteiger partial charge in [-0.3, -0.25) is 4.90 Å². The van der Waals surface area contributed by atoms with Crippen LogP contribution in [0, 0.1) is 5.92 Å². The molecule has 0 aliphatic carbocycles. The van der Waals surface area contributed by atoms with Gasteiger partial charge in [0.05, 0.1) is 0 Å². The van der Waals surface area contributed by atoms with Gasteiger partial charge in [0.25, 0.3) is 0 Å². The third-order valence-corrected chi connectivity index (χ3v) is 4.32. The standard InChI is InChI=1S/C20H26N2O/c1-16(2)15-22-13-7-6-10-19(22)17-11-12-20(21-14-17)23-18-8-4-3-5-9-18/h3-5,8-9,11-12,14,16,19H,6-7,10,13,15H2,1-2H3/t19-/m1/s1. The minimum Gasteiger partial charge on any atom is -0.439 e. The van der Waals surface area contributed by atoms with E-state index >= 15 is 0 Å². The third kappa shape index (κ3) is 4.32. The average Bonchev–Trinajstić information content (AvgIpc) is 2.57. The fourth-order valence-electron chi connectivity index (χ4n) is 3.31. The fourth-order valence-corrected chi connectivity index (χ4v) is 3.31. The first kappa shape index (κ1) is 16.0. The molecule has 0 spiro atoms. The van der Waals surface area contributed by atoms with E-state index in [9.17, 15) is 0 Å². The molecule has 1 saturated heterocycles. The summed E-state index contributed by atoms with van der Waals surface area (Å²) in [4.78, 5) is 7.13. The van der Waals surface area contributed by atoms with Crippen LogP contribution in [0.2, 0.25) is 0 Å². The summed E-state index contributed by atoms with van der Waals surface area (Å²) in [5, 5.41) is 0. The predicted octanol–water partition coefficient (Wildman–Crippen LogP) is 5.06. The number of hydrogen-bond donors (Lipinski definition) is 0. The van der Waals surface area contributed by atoms with Crippen LogP contribution in [0.4, 0.5) is 0 Å². The maximum Gasteiger partial charge on any atom is 0.219 e. The van der Waals surface area contributed by atoms with E-state index in [1.807, 2.05) is 42.6 Å². The lowest BCUT2D eigenvalue weighted by Crippen LogP contribution is -2.36. The summed E-state index contributed by atoms with van der Waals surface area (Å²) in [5.74, 6) is 2.18. The second-order valence-corrected chi connectivity index (χ2v) is 6.75. The minimum atomic E-state index is 0.504. The van der Waals surface area contributed by atoms with Crippen LogP contribution in [-0.4, -0.2) is 23.0 Å². The highest BCUT2D eigenvalue weighted by Crippen LogP contribution is 2.32. The predicted molar refractivity (Wildman–Crippen MR) is 93.8 cm³/mol. The molecule has 2 aromatic rings. The van der Waals surface area contributed by atoms with Crippen molar-refractivity contribution in [2.45, 2.75) is 39.2 Å². The number of hydrogen-bond acceptors (Lipinski definition) is 3. The number of rotatable bonds is 5. The third-order valence-electron chi connectivity index (χ3n) is 4.32. The average molecular weight is 310 g/mol.